The summed E-state index contributed by atoms with van der Waals surface area (Å²) < 4.78 is 1.77. The van der Waals surface area contributed by atoms with Crippen molar-refractivity contribution in [3.8, 4) is 11.1 Å². The number of rotatable bonds is 7. The SMILES string of the molecule is O=C(CCl)Nc1ccc2nc(SCC(=O)c3ccc(-c4ccccc4)cc3)sc2c1. The summed E-state index contributed by atoms with van der Waals surface area (Å²) in [6, 6.07) is 23.3. The Bertz CT molecular complexity index is 1190. The lowest BCUT2D eigenvalue weighted by molar-refractivity contribution is -0.113. The van der Waals surface area contributed by atoms with Gasteiger partial charge in [-0.05, 0) is 29.3 Å². The van der Waals surface area contributed by atoms with Crippen molar-refractivity contribution in [3.05, 3.63) is 78.4 Å². The lowest BCUT2D eigenvalue weighted by atomic mass is 10.0. The highest BCUT2D eigenvalue weighted by Crippen LogP contribution is 2.31. The number of Topliss-reactive ketones (excluding diaryl/α,β-unsaturated/α-hetero) is 1. The third kappa shape index (κ3) is 4.90. The average molecular weight is 453 g/mol. The van der Waals surface area contributed by atoms with Gasteiger partial charge in [-0.2, -0.15) is 0 Å². The Balaban J connectivity index is 1.40. The van der Waals surface area contributed by atoms with Crippen molar-refractivity contribution in [1.82, 2.24) is 4.98 Å². The summed E-state index contributed by atoms with van der Waals surface area (Å²) >= 11 is 8.45. The lowest BCUT2D eigenvalue weighted by Gasteiger charge is -2.03. The fourth-order valence-electron chi connectivity index (χ4n) is 2.93. The van der Waals surface area contributed by atoms with E-state index >= 15 is 0 Å². The maximum atomic E-state index is 12.6. The minimum atomic E-state index is -0.251. The Hall–Kier alpha value is -2.67. The number of amides is 1. The second-order valence-corrected chi connectivity index (χ2v) is 9.02. The van der Waals surface area contributed by atoms with Crippen molar-refractivity contribution in [2.75, 3.05) is 16.9 Å². The maximum Gasteiger partial charge on any atom is 0.239 e. The van der Waals surface area contributed by atoms with E-state index in [1.807, 2.05) is 66.7 Å². The Kier molecular flexibility index (Phi) is 6.47. The molecule has 0 aliphatic carbocycles. The van der Waals surface area contributed by atoms with Crippen LogP contribution in [0, 0.1) is 0 Å². The third-order valence-corrected chi connectivity index (χ3v) is 6.82. The van der Waals surface area contributed by atoms with Crippen molar-refractivity contribution in [1.29, 1.82) is 0 Å². The van der Waals surface area contributed by atoms with E-state index in [4.69, 9.17) is 11.6 Å². The Labute approximate surface area is 187 Å². The van der Waals surface area contributed by atoms with Gasteiger partial charge in [-0.25, -0.2) is 4.98 Å². The first kappa shape index (κ1) is 20.6. The number of carbonyl (C=O) groups excluding carboxylic acids is 2. The number of nitrogens with one attached hydrogen (secondary N) is 1. The van der Waals surface area contributed by atoms with Gasteiger partial charge in [0.25, 0.3) is 0 Å². The topological polar surface area (TPSA) is 59.1 Å². The van der Waals surface area contributed by atoms with Crippen LogP contribution in [-0.2, 0) is 4.79 Å². The van der Waals surface area contributed by atoms with E-state index in [1.54, 1.807) is 6.07 Å². The Morgan fingerprint density at radius 2 is 1.70 bits per heavy atom. The van der Waals surface area contributed by atoms with Gasteiger partial charge in [-0.15, -0.1) is 22.9 Å². The number of alkyl halides is 1. The Morgan fingerprint density at radius 3 is 2.43 bits per heavy atom. The molecule has 7 heteroatoms. The number of halogens is 1. The van der Waals surface area contributed by atoms with Crippen LogP contribution < -0.4 is 5.32 Å². The molecule has 0 aliphatic rings. The van der Waals surface area contributed by atoms with Gasteiger partial charge >= 0.3 is 0 Å². The van der Waals surface area contributed by atoms with Crippen LogP contribution in [0.15, 0.2) is 77.1 Å². The molecule has 0 unspecified atom stereocenters. The molecule has 150 valence electrons. The molecule has 1 heterocycles. The van der Waals surface area contributed by atoms with Crippen LogP contribution in [-0.4, -0.2) is 28.3 Å². The molecule has 4 nitrogen and oxygen atoms in total. The van der Waals surface area contributed by atoms with E-state index in [0.29, 0.717) is 17.0 Å². The zero-order chi connectivity index (χ0) is 20.9. The van der Waals surface area contributed by atoms with Gasteiger partial charge in [0, 0.05) is 11.3 Å². The first-order valence-electron chi connectivity index (χ1n) is 9.20. The lowest BCUT2D eigenvalue weighted by Crippen LogP contribution is -2.12. The number of anilines is 1. The molecule has 0 aliphatic heterocycles. The summed E-state index contributed by atoms with van der Waals surface area (Å²) in [5.74, 6) is 0.0457. The summed E-state index contributed by atoms with van der Waals surface area (Å²) in [5.41, 5.74) is 4.42. The van der Waals surface area contributed by atoms with Crippen molar-refractivity contribution < 1.29 is 9.59 Å². The molecule has 0 fully saturated rings. The molecule has 0 spiro atoms. The first-order valence-corrected chi connectivity index (χ1v) is 11.5. The molecule has 0 bridgehead atoms. The van der Waals surface area contributed by atoms with Gasteiger partial charge < -0.3 is 5.32 Å². The number of fused-ring (bicyclic) bond motifs is 1. The maximum absolute atomic E-state index is 12.6. The molecule has 0 radical (unpaired) electrons. The van der Waals surface area contributed by atoms with Crippen molar-refractivity contribution in [2.24, 2.45) is 0 Å². The molecule has 3 aromatic carbocycles. The molecular weight excluding hydrogens is 436 g/mol. The fourth-order valence-corrected chi connectivity index (χ4v) is 5.00. The fraction of sp³-hybridized carbons (Fsp3) is 0.0870. The molecule has 1 N–H and O–H groups in total. The molecule has 4 aromatic rings. The molecule has 0 saturated carbocycles. The van der Waals surface area contributed by atoms with Crippen LogP contribution >= 0.6 is 34.7 Å². The predicted octanol–water partition coefficient (Wildman–Crippen LogP) is 6.12. The number of carbonyl (C=O) groups is 2. The number of thioether (sulfide) groups is 1. The highest BCUT2D eigenvalue weighted by molar-refractivity contribution is 8.01. The number of hydrogen-bond acceptors (Lipinski definition) is 5. The molecule has 0 saturated heterocycles. The van der Waals surface area contributed by atoms with Gasteiger partial charge in [0.15, 0.2) is 10.1 Å². The van der Waals surface area contributed by atoms with Gasteiger partial charge in [0.1, 0.15) is 5.88 Å². The van der Waals surface area contributed by atoms with Crippen LogP contribution in [0.4, 0.5) is 5.69 Å². The van der Waals surface area contributed by atoms with Crippen LogP contribution in [0.1, 0.15) is 10.4 Å². The normalized spacial score (nSPS) is 10.8. The van der Waals surface area contributed by atoms with Crippen LogP contribution in [0.25, 0.3) is 21.3 Å². The minimum Gasteiger partial charge on any atom is -0.325 e. The molecule has 4 rings (SSSR count). The quantitative estimate of drug-likeness (QED) is 0.208. The third-order valence-electron chi connectivity index (χ3n) is 4.41. The smallest absolute Gasteiger partial charge is 0.239 e. The van der Waals surface area contributed by atoms with Crippen molar-refractivity contribution >= 4 is 62.3 Å². The standard InChI is InChI=1S/C23H17ClN2O2S2/c24-13-22(28)25-18-10-11-19-21(12-18)30-23(26-19)29-14-20(27)17-8-6-16(7-9-17)15-4-2-1-3-5-15/h1-12H,13-14H2,(H,25,28). The average Bonchev–Trinajstić information content (AvgIpc) is 3.20. The summed E-state index contributed by atoms with van der Waals surface area (Å²) in [5, 5.41) is 2.73. The highest BCUT2D eigenvalue weighted by Gasteiger charge is 2.11. The summed E-state index contributed by atoms with van der Waals surface area (Å²) in [4.78, 5) is 28.6. The summed E-state index contributed by atoms with van der Waals surface area (Å²) in [7, 11) is 0. The monoisotopic (exact) mass is 452 g/mol. The molecule has 30 heavy (non-hydrogen) atoms. The van der Waals surface area contributed by atoms with Crippen LogP contribution in [0.2, 0.25) is 0 Å². The van der Waals surface area contributed by atoms with Crippen LogP contribution in [0.3, 0.4) is 0 Å². The first-order chi connectivity index (χ1) is 14.6. The second-order valence-electron chi connectivity index (χ2n) is 6.50. The number of aromatic nitrogens is 1. The molecule has 1 amide bonds. The van der Waals surface area contributed by atoms with Gasteiger partial charge in [-0.3, -0.25) is 9.59 Å². The Morgan fingerprint density at radius 1 is 0.967 bits per heavy atom. The van der Waals surface area contributed by atoms with E-state index in [1.165, 1.54) is 23.1 Å². The van der Waals surface area contributed by atoms with Crippen molar-refractivity contribution in [2.45, 2.75) is 4.34 Å². The van der Waals surface area contributed by atoms with E-state index < -0.39 is 0 Å². The van der Waals surface area contributed by atoms with E-state index in [-0.39, 0.29) is 17.6 Å². The van der Waals surface area contributed by atoms with Gasteiger partial charge in [0.05, 0.1) is 16.0 Å². The zero-order valence-electron chi connectivity index (χ0n) is 15.8. The molecule has 1 aromatic heterocycles. The molecular formula is C23H17ClN2O2S2. The number of nitrogens with zero attached hydrogens (tertiary/aromatic N) is 1. The van der Waals surface area contributed by atoms with E-state index in [0.717, 1.165) is 25.7 Å². The van der Waals surface area contributed by atoms with E-state index in [9.17, 15) is 9.59 Å². The van der Waals surface area contributed by atoms with Gasteiger partial charge in [-0.1, -0.05) is 66.4 Å². The van der Waals surface area contributed by atoms with Gasteiger partial charge in [0.2, 0.25) is 5.91 Å². The number of thiazole rings is 1. The number of ketones is 1. The number of hydrogen-bond donors (Lipinski definition) is 1. The summed E-state index contributed by atoms with van der Waals surface area (Å²) in [6.45, 7) is 0. The zero-order valence-corrected chi connectivity index (χ0v) is 18.2. The second kappa shape index (κ2) is 9.43. The largest absolute Gasteiger partial charge is 0.325 e. The highest BCUT2D eigenvalue weighted by atomic mass is 35.5. The van der Waals surface area contributed by atoms with Crippen molar-refractivity contribution in [3.63, 3.8) is 0 Å². The van der Waals surface area contributed by atoms with E-state index in [2.05, 4.69) is 10.3 Å². The predicted molar refractivity (Wildman–Crippen MR) is 126 cm³/mol. The summed E-state index contributed by atoms with van der Waals surface area (Å²) in [6.07, 6.45) is 0. The minimum absolute atomic E-state index is 0.0638. The van der Waals surface area contributed by atoms with Crippen LogP contribution in [0.5, 0.6) is 0 Å². The molecule has 0 atom stereocenters. The number of benzene rings is 3.